The summed E-state index contributed by atoms with van der Waals surface area (Å²) in [5.41, 5.74) is 1.81. The van der Waals surface area contributed by atoms with Crippen LogP contribution in [0, 0.1) is 12.7 Å². The summed E-state index contributed by atoms with van der Waals surface area (Å²) in [6, 6.07) is 12.5. The maximum absolute atomic E-state index is 13.7. The first-order valence-electron chi connectivity index (χ1n) is 7.01. The number of carbonyl (C=O) groups excluding carboxylic acids is 2. The van der Waals surface area contributed by atoms with Gasteiger partial charge < -0.3 is 5.32 Å². The highest BCUT2D eigenvalue weighted by molar-refractivity contribution is 6.23. The third-order valence-corrected chi connectivity index (χ3v) is 3.64. The van der Waals surface area contributed by atoms with Crippen molar-refractivity contribution in [2.75, 3.05) is 10.2 Å². The number of para-hydroxylation sites is 1. The van der Waals surface area contributed by atoms with Gasteiger partial charge in [0.1, 0.15) is 11.9 Å². The number of nitrogens with one attached hydrogen (secondary N) is 1. The molecule has 0 spiro atoms. The number of amides is 2. The number of carbonyl (C=O) groups is 2. The number of imide groups is 1. The molecular weight excluding hydrogens is 283 g/mol. The van der Waals surface area contributed by atoms with Crippen LogP contribution in [0.4, 0.5) is 15.8 Å². The zero-order valence-corrected chi connectivity index (χ0v) is 12.0. The van der Waals surface area contributed by atoms with Crippen LogP contribution in [0.3, 0.4) is 0 Å². The molecule has 1 fully saturated rings. The van der Waals surface area contributed by atoms with E-state index in [4.69, 9.17) is 0 Å². The molecule has 0 aliphatic carbocycles. The second-order valence-corrected chi connectivity index (χ2v) is 5.28. The fourth-order valence-electron chi connectivity index (χ4n) is 2.48. The van der Waals surface area contributed by atoms with Gasteiger partial charge in [-0.1, -0.05) is 29.8 Å². The monoisotopic (exact) mass is 298 g/mol. The van der Waals surface area contributed by atoms with Crippen LogP contribution in [0.25, 0.3) is 0 Å². The smallest absolute Gasteiger partial charge is 0.256 e. The van der Waals surface area contributed by atoms with Crippen molar-refractivity contribution in [2.45, 2.75) is 19.4 Å². The quantitative estimate of drug-likeness (QED) is 0.886. The van der Waals surface area contributed by atoms with Gasteiger partial charge in [0, 0.05) is 0 Å². The fraction of sp³-hybridized carbons (Fsp3) is 0.176. The van der Waals surface area contributed by atoms with Gasteiger partial charge in [-0.3, -0.25) is 9.59 Å². The minimum atomic E-state index is -0.745. The largest absolute Gasteiger partial charge is 0.371 e. The van der Waals surface area contributed by atoms with Crippen LogP contribution in [0.5, 0.6) is 0 Å². The summed E-state index contributed by atoms with van der Waals surface area (Å²) >= 11 is 0. The first-order chi connectivity index (χ1) is 10.6. The van der Waals surface area contributed by atoms with E-state index in [1.165, 1.54) is 6.07 Å². The van der Waals surface area contributed by atoms with Gasteiger partial charge in [0.2, 0.25) is 5.91 Å². The van der Waals surface area contributed by atoms with E-state index >= 15 is 0 Å². The maximum Gasteiger partial charge on any atom is 0.256 e. The molecule has 112 valence electrons. The van der Waals surface area contributed by atoms with Crippen molar-refractivity contribution in [1.82, 2.24) is 0 Å². The van der Waals surface area contributed by atoms with Crippen molar-refractivity contribution in [3.63, 3.8) is 0 Å². The van der Waals surface area contributed by atoms with E-state index in [1.807, 2.05) is 19.1 Å². The minimum absolute atomic E-state index is 0.0149. The molecule has 1 unspecified atom stereocenters. The summed E-state index contributed by atoms with van der Waals surface area (Å²) in [5.74, 6) is -1.10. The van der Waals surface area contributed by atoms with Crippen molar-refractivity contribution < 1.29 is 14.0 Å². The fourth-order valence-corrected chi connectivity index (χ4v) is 2.48. The summed E-state index contributed by atoms with van der Waals surface area (Å²) in [4.78, 5) is 25.7. The summed E-state index contributed by atoms with van der Waals surface area (Å²) in [7, 11) is 0. The molecule has 1 N–H and O–H groups in total. The average molecular weight is 298 g/mol. The van der Waals surface area contributed by atoms with Gasteiger partial charge in [-0.15, -0.1) is 0 Å². The van der Waals surface area contributed by atoms with Crippen molar-refractivity contribution in [1.29, 1.82) is 0 Å². The lowest BCUT2D eigenvalue weighted by atomic mass is 10.2. The Kier molecular flexibility index (Phi) is 3.63. The topological polar surface area (TPSA) is 49.4 Å². The number of aryl methyl sites for hydroxylation is 1. The predicted molar refractivity (Wildman–Crippen MR) is 82.1 cm³/mol. The number of halogens is 1. The normalized spacial score (nSPS) is 17.9. The number of nitrogens with zero attached hydrogens (tertiary/aromatic N) is 1. The van der Waals surface area contributed by atoms with E-state index in [0.717, 1.165) is 10.5 Å². The van der Waals surface area contributed by atoms with Crippen molar-refractivity contribution >= 4 is 23.2 Å². The molecule has 3 rings (SSSR count). The van der Waals surface area contributed by atoms with Crippen molar-refractivity contribution in [3.8, 4) is 0 Å². The van der Waals surface area contributed by atoms with Gasteiger partial charge in [-0.25, -0.2) is 9.29 Å². The van der Waals surface area contributed by atoms with E-state index in [2.05, 4.69) is 5.32 Å². The molecule has 1 aliphatic heterocycles. The van der Waals surface area contributed by atoms with E-state index in [-0.39, 0.29) is 23.9 Å². The van der Waals surface area contributed by atoms with Crippen LogP contribution in [0.2, 0.25) is 0 Å². The Morgan fingerprint density at radius 2 is 1.77 bits per heavy atom. The number of anilines is 2. The number of benzene rings is 2. The molecule has 1 saturated heterocycles. The first kappa shape index (κ1) is 14.3. The molecule has 2 aromatic rings. The van der Waals surface area contributed by atoms with E-state index in [1.54, 1.807) is 30.3 Å². The van der Waals surface area contributed by atoms with Gasteiger partial charge >= 0.3 is 0 Å². The zero-order valence-electron chi connectivity index (χ0n) is 12.0. The molecule has 2 aromatic carbocycles. The molecule has 1 atom stereocenters. The average Bonchev–Trinajstić information content (AvgIpc) is 2.77. The van der Waals surface area contributed by atoms with Crippen LogP contribution in [0.1, 0.15) is 12.0 Å². The molecule has 2 amide bonds. The molecule has 4 nitrogen and oxygen atoms in total. The number of hydrogen-bond donors (Lipinski definition) is 1. The highest BCUT2D eigenvalue weighted by atomic mass is 19.1. The Labute approximate surface area is 127 Å². The number of hydrogen-bond acceptors (Lipinski definition) is 3. The molecule has 0 radical (unpaired) electrons. The van der Waals surface area contributed by atoms with Gasteiger partial charge in [0.15, 0.2) is 0 Å². The molecule has 1 aliphatic rings. The van der Waals surface area contributed by atoms with Crippen LogP contribution < -0.4 is 10.2 Å². The molecule has 5 heteroatoms. The SMILES string of the molecule is Cc1ccc(N2C(=O)CC(Nc3ccccc3F)C2=O)cc1. The second-order valence-electron chi connectivity index (χ2n) is 5.28. The summed E-state index contributed by atoms with van der Waals surface area (Å²) in [6.45, 7) is 1.93. The summed E-state index contributed by atoms with van der Waals surface area (Å²) in [5, 5.41) is 2.81. The second kappa shape index (κ2) is 5.60. The molecule has 22 heavy (non-hydrogen) atoms. The Hall–Kier alpha value is -2.69. The summed E-state index contributed by atoms with van der Waals surface area (Å²) in [6.07, 6.45) is 0.0149. The standard InChI is InChI=1S/C17H15FN2O2/c1-11-6-8-12(9-7-11)20-16(21)10-15(17(20)22)19-14-5-3-2-4-13(14)18/h2-9,15,19H,10H2,1H3. The molecule has 0 saturated carbocycles. The molecule has 0 aromatic heterocycles. The van der Waals surface area contributed by atoms with Crippen LogP contribution in [-0.2, 0) is 9.59 Å². The van der Waals surface area contributed by atoms with E-state index in [0.29, 0.717) is 5.69 Å². The zero-order chi connectivity index (χ0) is 15.7. The molecule has 1 heterocycles. The van der Waals surface area contributed by atoms with Crippen LogP contribution in [-0.4, -0.2) is 17.9 Å². The lowest BCUT2D eigenvalue weighted by Crippen LogP contribution is -2.34. The first-order valence-corrected chi connectivity index (χ1v) is 7.01. The Morgan fingerprint density at radius 1 is 1.09 bits per heavy atom. The van der Waals surface area contributed by atoms with Crippen LogP contribution >= 0.6 is 0 Å². The van der Waals surface area contributed by atoms with Gasteiger partial charge in [0.05, 0.1) is 17.8 Å². The van der Waals surface area contributed by atoms with Crippen LogP contribution in [0.15, 0.2) is 48.5 Å². The highest BCUT2D eigenvalue weighted by Crippen LogP contribution is 2.25. The Morgan fingerprint density at radius 3 is 2.45 bits per heavy atom. The van der Waals surface area contributed by atoms with Crippen molar-refractivity contribution in [3.05, 3.63) is 59.9 Å². The molecule has 0 bridgehead atoms. The van der Waals surface area contributed by atoms with E-state index in [9.17, 15) is 14.0 Å². The van der Waals surface area contributed by atoms with Crippen molar-refractivity contribution in [2.24, 2.45) is 0 Å². The predicted octanol–water partition coefficient (Wildman–Crippen LogP) is 2.88. The highest BCUT2D eigenvalue weighted by Gasteiger charge is 2.39. The lowest BCUT2D eigenvalue weighted by Gasteiger charge is -2.16. The van der Waals surface area contributed by atoms with Gasteiger partial charge in [-0.2, -0.15) is 0 Å². The maximum atomic E-state index is 13.7. The van der Waals surface area contributed by atoms with E-state index < -0.39 is 11.9 Å². The molecular formula is C17H15FN2O2. The van der Waals surface area contributed by atoms with Gasteiger partial charge in [-0.05, 0) is 31.2 Å². The lowest BCUT2D eigenvalue weighted by molar-refractivity contribution is -0.121. The summed E-state index contributed by atoms with van der Waals surface area (Å²) < 4.78 is 13.7. The minimum Gasteiger partial charge on any atom is -0.371 e. The number of rotatable bonds is 3. The Bertz CT molecular complexity index is 728. The van der Waals surface area contributed by atoms with Gasteiger partial charge in [0.25, 0.3) is 5.91 Å². The Balaban J connectivity index is 1.82. The third kappa shape index (κ3) is 2.57. The third-order valence-electron chi connectivity index (χ3n) is 3.64.